The third-order valence-electron chi connectivity index (χ3n) is 2.60. The Labute approximate surface area is 102 Å². The Balaban J connectivity index is 2.13. The molecule has 2 N–H and O–H groups in total. The van der Waals surface area contributed by atoms with E-state index in [0.717, 1.165) is 10.9 Å². The molecule has 2 heterocycles. The van der Waals surface area contributed by atoms with Crippen LogP contribution in [-0.4, -0.2) is 17.2 Å². The van der Waals surface area contributed by atoms with Crippen LogP contribution in [0.25, 0.3) is 21.4 Å². The van der Waals surface area contributed by atoms with Gasteiger partial charge < -0.3 is 14.5 Å². The van der Waals surface area contributed by atoms with Gasteiger partial charge in [0, 0.05) is 10.3 Å². The van der Waals surface area contributed by atoms with Crippen LogP contribution in [-0.2, 0) is 0 Å². The van der Waals surface area contributed by atoms with Crippen molar-refractivity contribution in [2.24, 2.45) is 0 Å². The summed E-state index contributed by atoms with van der Waals surface area (Å²) < 4.78 is 5.31. The molecule has 0 atom stereocenters. The SMILES string of the molecule is OB(O)c1cc2cc(-c3cccs3)ccc2o1. The van der Waals surface area contributed by atoms with E-state index in [1.54, 1.807) is 17.4 Å². The predicted molar refractivity (Wildman–Crippen MR) is 69.4 cm³/mol. The Bertz CT molecular complexity index is 643. The summed E-state index contributed by atoms with van der Waals surface area (Å²) in [6.07, 6.45) is 0. The maximum absolute atomic E-state index is 9.04. The standard InChI is InChI=1S/C12H9BO3S/c14-13(15)12-7-9-6-8(3-4-10(9)16-12)11-2-1-5-17-11/h1-7,14-15H. The summed E-state index contributed by atoms with van der Waals surface area (Å²) in [5.74, 6) is 0. The summed E-state index contributed by atoms with van der Waals surface area (Å²) in [6.45, 7) is 0. The number of thiophene rings is 1. The fourth-order valence-corrected chi connectivity index (χ4v) is 2.51. The van der Waals surface area contributed by atoms with E-state index in [1.807, 2.05) is 35.7 Å². The lowest BCUT2D eigenvalue weighted by Crippen LogP contribution is -2.27. The van der Waals surface area contributed by atoms with Crippen LogP contribution < -0.4 is 5.66 Å². The lowest BCUT2D eigenvalue weighted by Gasteiger charge is -1.96. The van der Waals surface area contributed by atoms with Crippen molar-refractivity contribution < 1.29 is 14.5 Å². The van der Waals surface area contributed by atoms with Gasteiger partial charge in [-0.2, -0.15) is 0 Å². The first-order chi connectivity index (χ1) is 8.24. The van der Waals surface area contributed by atoms with Crippen LogP contribution in [0.3, 0.4) is 0 Å². The van der Waals surface area contributed by atoms with E-state index in [4.69, 9.17) is 14.5 Å². The minimum atomic E-state index is -1.56. The summed E-state index contributed by atoms with van der Waals surface area (Å²) >= 11 is 1.67. The topological polar surface area (TPSA) is 53.6 Å². The lowest BCUT2D eigenvalue weighted by molar-refractivity contribution is 0.412. The molecule has 0 aliphatic carbocycles. The minimum Gasteiger partial charge on any atom is -0.465 e. The van der Waals surface area contributed by atoms with Gasteiger partial charge in [0.2, 0.25) is 0 Å². The average molecular weight is 244 g/mol. The van der Waals surface area contributed by atoms with E-state index >= 15 is 0 Å². The summed E-state index contributed by atoms with van der Waals surface area (Å²) in [5, 5.41) is 21.0. The van der Waals surface area contributed by atoms with Crippen molar-refractivity contribution in [3.8, 4) is 10.4 Å². The first-order valence-corrected chi connectivity index (χ1v) is 6.05. The minimum absolute atomic E-state index is 0.170. The van der Waals surface area contributed by atoms with Crippen LogP contribution in [0.4, 0.5) is 0 Å². The molecule has 3 nitrogen and oxygen atoms in total. The number of hydrogen-bond acceptors (Lipinski definition) is 4. The highest BCUT2D eigenvalue weighted by Gasteiger charge is 2.17. The molecule has 0 aliphatic rings. The smallest absolute Gasteiger partial charge is 0.465 e. The van der Waals surface area contributed by atoms with Crippen LogP contribution in [0.1, 0.15) is 0 Å². The van der Waals surface area contributed by atoms with Crippen molar-refractivity contribution in [2.45, 2.75) is 0 Å². The fraction of sp³-hybridized carbons (Fsp3) is 0. The molecule has 1 aromatic carbocycles. The largest absolute Gasteiger partial charge is 0.526 e. The number of hydrogen-bond donors (Lipinski definition) is 2. The van der Waals surface area contributed by atoms with Gasteiger partial charge in [0.05, 0.1) is 0 Å². The van der Waals surface area contributed by atoms with Crippen molar-refractivity contribution in [1.82, 2.24) is 0 Å². The highest BCUT2D eigenvalue weighted by atomic mass is 32.1. The first kappa shape index (κ1) is 10.6. The third kappa shape index (κ3) is 1.89. The normalized spacial score (nSPS) is 10.9. The van der Waals surface area contributed by atoms with E-state index in [9.17, 15) is 0 Å². The van der Waals surface area contributed by atoms with Crippen molar-refractivity contribution in [2.75, 3.05) is 0 Å². The average Bonchev–Trinajstić information content (AvgIpc) is 2.97. The van der Waals surface area contributed by atoms with Gasteiger partial charge in [-0.1, -0.05) is 6.07 Å². The highest BCUT2D eigenvalue weighted by Crippen LogP contribution is 2.27. The number of rotatable bonds is 2. The molecular formula is C12H9BO3S. The van der Waals surface area contributed by atoms with Crippen LogP contribution in [0.5, 0.6) is 0 Å². The van der Waals surface area contributed by atoms with Gasteiger partial charge in [-0.15, -0.1) is 11.3 Å². The van der Waals surface area contributed by atoms with Crippen LogP contribution in [0, 0.1) is 0 Å². The van der Waals surface area contributed by atoms with Crippen molar-refractivity contribution in [3.63, 3.8) is 0 Å². The molecule has 2 aromatic heterocycles. The van der Waals surface area contributed by atoms with Gasteiger partial charge in [-0.3, -0.25) is 0 Å². The molecule has 0 bridgehead atoms. The van der Waals surface area contributed by atoms with E-state index in [2.05, 4.69) is 0 Å². The molecule has 84 valence electrons. The fourth-order valence-electron chi connectivity index (χ4n) is 1.79. The Kier molecular flexibility index (Phi) is 2.51. The molecule has 0 saturated heterocycles. The van der Waals surface area contributed by atoms with E-state index in [1.165, 1.54) is 4.88 Å². The quantitative estimate of drug-likeness (QED) is 0.676. The van der Waals surface area contributed by atoms with Gasteiger partial charge >= 0.3 is 7.12 Å². The maximum atomic E-state index is 9.04. The van der Waals surface area contributed by atoms with Gasteiger partial charge in [0.15, 0.2) is 0 Å². The zero-order chi connectivity index (χ0) is 11.8. The summed E-state index contributed by atoms with van der Waals surface area (Å²) in [4.78, 5) is 1.18. The molecule has 0 spiro atoms. The second-order valence-electron chi connectivity index (χ2n) is 3.75. The molecule has 0 amide bonds. The molecule has 0 unspecified atom stereocenters. The first-order valence-electron chi connectivity index (χ1n) is 5.17. The zero-order valence-corrected chi connectivity index (χ0v) is 9.65. The molecule has 3 aromatic rings. The summed E-state index contributed by atoms with van der Waals surface area (Å²) in [7, 11) is -1.56. The Morgan fingerprint density at radius 2 is 2.00 bits per heavy atom. The van der Waals surface area contributed by atoms with Crippen molar-refractivity contribution in [3.05, 3.63) is 41.8 Å². The van der Waals surface area contributed by atoms with Crippen LogP contribution in [0.15, 0.2) is 46.2 Å². The predicted octanol–water partition coefficient (Wildman–Crippen LogP) is 1.84. The number of furan rings is 1. The third-order valence-corrected chi connectivity index (χ3v) is 3.51. The Morgan fingerprint density at radius 3 is 2.71 bits per heavy atom. The molecule has 0 aliphatic heterocycles. The number of benzene rings is 1. The van der Waals surface area contributed by atoms with E-state index in [0.29, 0.717) is 5.58 Å². The maximum Gasteiger partial charge on any atom is 0.526 e. The molecule has 3 rings (SSSR count). The molecule has 0 radical (unpaired) electrons. The van der Waals surface area contributed by atoms with E-state index in [-0.39, 0.29) is 5.66 Å². The molecule has 17 heavy (non-hydrogen) atoms. The second kappa shape index (κ2) is 4.03. The number of fused-ring (bicyclic) bond motifs is 1. The molecule has 0 fully saturated rings. The monoisotopic (exact) mass is 244 g/mol. The van der Waals surface area contributed by atoms with Crippen LogP contribution >= 0.6 is 11.3 Å². The summed E-state index contributed by atoms with van der Waals surface area (Å²) in [5.41, 5.74) is 1.93. The van der Waals surface area contributed by atoms with Crippen molar-refractivity contribution >= 4 is 35.1 Å². The Hall–Kier alpha value is -1.56. The Morgan fingerprint density at radius 1 is 1.12 bits per heavy atom. The van der Waals surface area contributed by atoms with Gasteiger partial charge in [0.25, 0.3) is 0 Å². The zero-order valence-electron chi connectivity index (χ0n) is 8.83. The highest BCUT2D eigenvalue weighted by molar-refractivity contribution is 7.13. The van der Waals surface area contributed by atoms with Gasteiger partial charge in [-0.05, 0) is 41.3 Å². The van der Waals surface area contributed by atoms with Crippen molar-refractivity contribution in [1.29, 1.82) is 0 Å². The van der Waals surface area contributed by atoms with Gasteiger partial charge in [-0.25, -0.2) is 0 Å². The summed E-state index contributed by atoms with van der Waals surface area (Å²) in [6, 6.07) is 11.5. The molecular weight excluding hydrogens is 235 g/mol. The van der Waals surface area contributed by atoms with Crippen LogP contribution in [0.2, 0.25) is 0 Å². The van der Waals surface area contributed by atoms with Gasteiger partial charge in [0.1, 0.15) is 11.2 Å². The second-order valence-corrected chi connectivity index (χ2v) is 4.70. The molecule has 0 saturated carbocycles. The van der Waals surface area contributed by atoms with E-state index < -0.39 is 7.12 Å². The molecule has 5 heteroatoms. The lowest BCUT2D eigenvalue weighted by atomic mass is 9.88.